The molecule has 0 spiro atoms. The lowest BCUT2D eigenvalue weighted by Crippen LogP contribution is -2.41. The summed E-state index contributed by atoms with van der Waals surface area (Å²) in [5.41, 5.74) is 2.22. The molecular formula is C21H22ClN3O3. The molecule has 1 N–H and O–H groups in total. The Morgan fingerprint density at radius 1 is 1.14 bits per heavy atom. The zero-order valence-corrected chi connectivity index (χ0v) is 16.6. The summed E-state index contributed by atoms with van der Waals surface area (Å²) in [5, 5.41) is 3.55. The van der Waals surface area contributed by atoms with Gasteiger partial charge < -0.3 is 19.7 Å². The number of halogens is 1. The maximum Gasteiger partial charge on any atom is 0.226 e. The second kappa shape index (κ2) is 7.81. The highest BCUT2D eigenvalue weighted by Gasteiger charge is 2.25. The number of hydrogen-bond donors (Lipinski definition) is 1. The number of aliphatic imine (C=N–C) groups is 1. The molecule has 4 rings (SSSR count). The third kappa shape index (κ3) is 3.84. The fourth-order valence-electron chi connectivity index (χ4n) is 3.13. The van der Waals surface area contributed by atoms with Crippen LogP contribution in [0.2, 0.25) is 5.02 Å². The monoisotopic (exact) mass is 399 g/mol. The number of ether oxygens (including phenoxy) is 2. The van der Waals surface area contributed by atoms with Crippen molar-refractivity contribution in [3.8, 4) is 11.5 Å². The summed E-state index contributed by atoms with van der Waals surface area (Å²) in [5.74, 6) is 1.99. The predicted octanol–water partition coefficient (Wildman–Crippen LogP) is 4.45. The number of benzene rings is 2. The largest absolute Gasteiger partial charge is 0.454 e. The summed E-state index contributed by atoms with van der Waals surface area (Å²) in [7, 11) is 0. The molecule has 0 bridgehead atoms. The third-order valence-electron chi connectivity index (χ3n) is 4.69. The Labute approximate surface area is 169 Å². The smallest absolute Gasteiger partial charge is 0.226 e. The predicted molar refractivity (Wildman–Crippen MR) is 110 cm³/mol. The number of amidine groups is 1. The number of nitrogens with one attached hydrogen (secondary N) is 1. The van der Waals surface area contributed by atoms with Crippen LogP contribution in [0.5, 0.6) is 11.5 Å². The highest BCUT2D eigenvalue weighted by atomic mass is 35.5. The molecule has 28 heavy (non-hydrogen) atoms. The molecule has 0 aromatic heterocycles. The molecule has 2 aromatic rings. The van der Waals surface area contributed by atoms with Crippen molar-refractivity contribution in [2.75, 3.05) is 31.6 Å². The summed E-state index contributed by atoms with van der Waals surface area (Å²) in [6.45, 7) is 6.47. The number of rotatable bonds is 2. The van der Waals surface area contributed by atoms with Crippen molar-refractivity contribution in [3.63, 3.8) is 0 Å². The van der Waals surface area contributed by atoms with Gasteiger partial charge in [-0.2, -0.15) is 0 Å². The molecule has 0 radical (unpaired) electrons. The van der Waals surface area contributed by atoms with Crippen LogP contribution < -0.4 is 10.1 Å². The summed E-state index contributed by atoms with van der Waals surface area (Å²) in [6, 6.07) is 11.0. The number of carbonyl (C=O) groups is 1. The molecular weight excluding hydrogens is 378 g/mol. The first-order valence-corrected chi connectivity index (χ1v) is 9.73. The van der Waals surface area contributed by atoms with Crippen LogP contribution in [0.3, 0.4) is 0 Å². The Bertz CT molecular complexity index is 936. The highest BCUT2D eigenvalue weighted by Crippen LogP contribution is 2.40. The zero-order chi connectivity index (χ0) is 19.7. The van der Waals surface area contributed by atoms with Crippen LogP contribution >= 0.6 is 11.6 Å². The highest BCUT2D eigenvalue weighted by molar-refractivity contribution is 6.31. The minimum atomic E-state index is -0.103. The minimum absolute atomic E-state index is 0.0329. The lowest BCUT2D eigenvalue weighted by atomic mass is 10.1. The Hall–Kier alpha value is -2.57. The van der Waals surface area contributed by atoms with Crippen LogP contribution in [0.25, 0.3) is 0 Å². The fourth-order valence-corrected chi connectivity index (χ4v) is 3.30. The molecule has 2 aromatic carbocycles. The maximum atomic E-state index is 12.1. The van der Waals surface area contributed by atoms with Gasteiger partial charge in [-0.3, -0.25) is 4.79 Å². The van der Waals surface area contributed by atoms with Gasteiger partial charge in [0, 0.05) is 29.7 Å². The Morgan fingerprint density at radius 2 is 1.89 bits per heavy atom. The van der Waals surface area contributed by atoms with Crippen molar-refractivity contribution >= 4 is 34.7 Å². The molecule has 2 aliphatic heterocycles. The van der Waals surface area contributed by atoms with Gasteiger partial charge in [-0.05, 0) is 36.4 Å². The topological polar surface area (TPSA) is 63.2 Å². The number of amides is 1. The molecule has 7 heteroatoms. The van der Waals surface area contributed by atoms with Crippen molar-refractivity contribution in [1.82, 2.24) is 4.90 Å². The van der Waals surface area contributed by atoms with Gasteiger partial charge in [-0.25, -0.2) is 4.99 Å². The van der Waals surface area contributed by atoms with Crippen molar-refractivity contribution < 1.29 is 14.3 Å². The molecule has 0 atom stereocenters. The van der Waals surface area contributed by atoms with Crippen molar-refractivity contribution in [3.05, 3.63) is 47.0 Å². The second-order valence-corrected chi connectivity index (χ2v) is 7.54. The van der Waals surface area contributed by atoms with E-state index in [2.05, 4.69) is 10.2 Å². The van der Waals surface area contributed by atoms with Crippen LogP contribution in [0, 0.1) is 5.92 Å². The first-order chi connectivity index (χ1) is 13.5. The second-order valence-electron chi connectivity index (χ2n) is 7.10. The minimum Gasteiger partial charge on any atom is -0.454 e. The molecule has 2 aliphatic rings. The molecule has 2 heterocycles. The lowest BCUT2D eigenvalue weighted by Gasteiger charge is -2.30. The molecule has 0 unspecified atom stereocenters. The van der Waals surface area contributed by atoms with Gasteiger partial charge in [0.05, 0.1) is 18.8 Å². The first-order valence-electron chi connectivity index (χ1n) is 9.35. The SMILES string of the molecule is CC(C)C(=O)Nc1ccc2c(c1)C(N1CCOCC1)=Nc1cc(Cl)ccc1O2. The number of nitrogens with zero attached hydrogens (tertiary/aromatic N) is 2. The van der Waals surface area contributed by atoms with E-state index in [4.69, 9.17) is 26.1 Å². The molecule has 0 saturated carbocycles. The summed E-state index contributed by atoms with van der Waals surface area (Å²) in [4.78, 5) is 19.2. The van der Waals surface area contributed by atoms with E-state index in [-0.39, 0.29) is 11.8 Å². The number of carbonyl (C=O) groups excluding carboxylic acids is 1. The van der Waals surface area contributed by atoms with E-state index < -0.39 is 0 Å². The summed E-state index contributed by atoms with van der Waals surface area (Å²) < 4.78 is 11.6. The Morgan fingerprint density at radius 3 is 2.64 bits per heavy atom. The van der Waals surface area contributed by atoms with Gasteiger partial charge in [-0.1, -0.05) is 25.4 Å². The average Bonchev–Trinajstić information content (AvgIpc) is 2.85. The van der Waals surface area contributed by atoms with Gasteiger partial charge in [-0.15, -0.1) is 0 Å². The molecule has 146 valence electrons. The van der Waals surface area contributed by atoms with Gasteiger partial charge in [0.2, 0.25) is 5.91 Å². The van der Waals surface area contributed by atoms with Gasteiger partial charge >= 0.3 is 0 Å². The first kappa shape index (κ1) is 18.8. The molecule has 1 fully saturated rings. The van der Waals surface area contributed by atoms with Crippen LogP contribution in [-0.2, 0) is 9.53 Å². The van der Waals surface area contributed by atoms with E-state index in [0.717, 1.165) is 24.5 Å². The van der Waals surface area contributed by atoms with Crippen molar-refractivity contribution in [2.24, 2.45) is 10.9 Å². The van der Waals surface area contributed by atoms with E-state index in [0.29, 0.717) is 41.1 Å². The standard InChI is InChI=1S/C21H22ClN3O3/c1-13(2)21(26)23-15-4-6-18-16(12-15)20(25-7-9-27-10-8-25)24-17-11-14(22)3-5-19(17)28-18/h3-6,11-13H,7-10H2,1-2H3,(H,23,26). The zero-order valence-electron chi connectivity index (χ0n) is 15.9. The van der Waals surface area contributed by atoms with Crippen LogP contribution in [0.1, 0.15) is 19.4 Å². The van der Waals surface area contributed by atoms with Crippen LogP contribution in [-0.4, -0.2) is 42.9 Å². The van der Waals surface area contributed by atoms with Crippen molar-refractivity contribution in [1.29, 1.82) is 0 Å². The number of hydrogen-bond acceptors (Lipinski definition) is 5. The van der Waals surface area contributed by atoms with Gasteiger partial charge in [0.1, 0.15) is 17.3 Å². The van der Waals surface area contributed by atoms with Crippen LogP contribution in [0.4, 0.5) is 11.4 Å². The number of anilines is 1. The van der Waals surface area contributed by atoms with E-state index in [9.17, 15) is 4.79 Å². The number of fused-ring (bicyclic) bond motifs is 2. The lowest BCUT2D eigenvalue weighted by molar-refractivity contribution is -0.118. The Kier molecular flexibility index (Phi) is 5.24. The van der Waals surface area contributed by atoms with E-state index in [1.54, 1.807) is 12.1 Å². The van der Waals surface area contributed by atoms with Crippen molar-refractivity contribution in [2.45, 2.75) is 13.8 Å². The molecule has 6 nitrogen and oxygen atoms in total. The molecule has 0 aliphatic carbocycles. The average molecular weight is 400 g/mol. The normalized spacial score (nSPS) is 15.9. The summed E-state index contributed by atoms with van der Waals surface area (Å²) >= 11 is 6.18. The van der Waals surface area contributed by atoms with Gasteiger partial charge in [0.15, 0.2) is 5.75 Å². The quantitative estimate of drug-likeness (QED) is 0.810. The molecule has 1 saturated heterocycles. The fraction of sp³-hybridized carbons (Fsp3) is 0.333. The maximum absolute atomic E-state index is 12.1. The van der Waals surface area contributed by atoms with Crippen LogP contribution in [0.15, 0.2) is 41.4 Å². The molecule has 1 amide bonds. The van der Waals surface area contributed by atoms with E-state index in [1.165, 1.54) is 0 Å². The third-order valence-corrected chi connectivity index (χ3v) is 4.93. The van der Waals surface area contributed by atoms with Gasteiger partial charge in [0.25, 0.3) is 0 Å². The van der Waals surface area contributed by atoms with E-state index >= 15 is 0 Å². The van der Waals surface area contributed by atoms with E-state index in [1.807, 2.05) is 38.1 Å². The summed E-state index contributed by atoms with van der Waals surface area (Å²) in [6.07, 6.45) is 0. The number of morpholine rings is 1. The Balaban J connectivity index is 1.80.